The highest BCUT2D eigenvalue weighted by atomic mass is 16.5. The van der Waals surface area contributed by atoms with Crippen LogP contribution in [0.15, 0.2) is 42.5 Å². The number of likely N-dealkylation sites (tertiary alicyclic amines) is 1. The summed E-state index contributed by atoms with van der Waals surface area (Å²) in [6.45, 7) is 14.2. The van der Waals surface area contributed by atoms with Crippen LogP contribution in [-0.4, -0.2) is 48.6 Å². The normalized spacial score (nSPS) is 19.8. The van der Waals surface area contributed by atoms with E-state index >= 15 is 0 Å². The van der Waals surface area contributed by atoms with Gasteiger partial charge in [-0.1, -0.05) is 104 Å². The molecule has 4 unspecified atom stereocenters. The van der Waals surface area contributed by atoms with Crippen LogP contribution in [0.2, 0.25) is 0 Å². The number of ketones is 1. The fourth-order valence-electron chi connectivity index (χ4n) is 5.63. The number of methoxy groups -OCH3 is 1. The van der Waals surface area contributed by atoms with E-state index in [2.05, 4.69) is 27.7 Å². The van der Waals surface area contributed by atoms with Crippen molar-refractivity contribution in [3.8, 4) is 11.5 Å². The highest BCUT2D eigenvalue weighted by Crippen LogP contribution is 2.47. The highest BCUT2D eigenvalue weighted by Gasteiger charge is 2.48. The van der Waals surface area contributed by atoms with Gasteiger partial charge in [-0.25, -0.2) is 0 Å². The Kier molecular flexibility index (Phi) is 15.7. The molecule has 234 valence electrons. The highest BCUT2D eigenvalue weighted by molar-refractivity contribution is 5.83. The minimum atomic E-state index is -0.851. The third-order valence-electron chi connectivity index (χ3n) is 8.42. The van der Waals surface area contributed by atoms with Gasteiger partial charge in [0.15, 0.2) is 0 Å². The fourth-order valence-corrected chi connectivity index (χ4v) is 5.63. The lowest BCUT2D eigenvalue weighted by atomic mass is 9.82. The summed E-state index contributed by atoms with van der Waals surface area (Å²) in [7, 11) is 1.60. The zero-order valence-corrected chi connectivity index (χ0v) is 27.2. The third kappa shape index (κ3) is 9.86. The molecular formula is C36H55NO5. The number of hydrogen-bond donors (Lipinski definition) is 1. The summed E-state index contributed by atoms with van der Waals surface area (Å²) in [6, 6.07) is 13.2. The van der Waals surface area contributed by atoms with Crippen molar-refractivity contribution in [1.29, 1.82) is 0 Å². The molecular weight excluding hydrogens is 526 g/mol. The van der Waals surface area contributed by atoms with E-state index in [1.54, 1.807) is 7.11 Å². The van der Waals surface area contributed by atoms with Crippen LogP contribution in [0.25, 0.3) is 0 Å². The molecule has 0 saturated carbocycles. The molecule has 0 bridgehead atoms. The topological polar surface area (TPSA) is 76.1 Å². The van der Waals surface area contributed by atoms with E-state index in [0.29, 0.717) is 18.9 Å². The monoisotopic (exact) mass is 581 g/mol. The molecule has 2 heterocycles. The number of carboxylic acid groups (broad SMARTS) is 1. The average molecular weight is 582 g/mol. The van der Waals surface area contributed by atoms with Gasteiger partial charge in [0, 0.05) is 30.8 Å². The Morgan fingerprint density at radius 3 is 2.05 bits per heavy atom. The maximum absolute atomic E-state index is 12.9. The number of nitrogens with zero attached hydrogens (tertiary/aromatic N) is 1. The summed E-state index contributed by atoms with van der Waals surface area (Å²) in [5.41, 5.74) is 3.00. The van der Waals surface area contributed by atoms with Crippen LogP contribution in [0, 0.1) is 11.8 Å². The molecule has 0 spiro atoms. The number of carbonyl (C=O) groups excluding carboxylic acids is 1. The van der Waals surface area contributed by atoms with Gasteiger partial charge in [0.25, 0.3) is 0 Å². The van der Waals surface area contributed by atoms with Gasteiger partial charge < -0.3 is 14.6 Å². The maximum Gasteiger partial charge on any atom is 0.309 e. The third-order valence-corrected chi connectivity index (χ3v) is 8.42. The van der Waals surface area contributed by atoms with E-state index in [9.17, 15) is 14.7 Å². The van der Waals surface area contributed by atoms with Crippen molar-refractivity contribution >= 4 is 11.8 Å². The Balaban J connectivity index is 0.000000533. The Labute approximate surface area is 254 Å². The van der Waals surface area contributed by atoms with Crippen LogP contribution in [-0.2, 0) is 16.0 Å². The van der Waals surface area contributed by atoms with Crippen LogP contribution in [0.1, 0.15) is 115 Å². The average Bonchev–Trinajstić information content (AvgIpc) is 3.62. The van der Waals surface area contributed by atoms with Crippen LogP contribution < -0.4 is 9.47 Å². The number of benzene rings is 2. The molecule has 0 radical (unpaired) electrons. The van der Waals surface area contributed by atoms with Crippen LogP contribution in [0.3, 0.4) is 0 Å². The lowest BCUT2D eigenvalue weighted by Crippen LogP contribution is -2.34. The number of carbonyl (C=O) groups is 2. The molecule has 2 aliphatic rings. The van der Waals surface area contributed by atoms with Crippen molar-refractivity contribution in [3.63, 3.8) is 0 Å². The fraction of sp³-hybridized carbons (Fsp3) is 0.611. The molecule has 42 heavy (non-hydrogen) atoms. The molecule has 0 aromatic heterocycles. The zero-order valence-electron chi connectivity index (χ0n) is 27.2. The molecule has 2 aromatic carbocycles. The van der Waals surface area contributed by atoms with Crippen molar-refractivity contribution in [3.05, 3.63) is 59.2 Å². The van der Waals surface area contributed by atoms with Gasteiger partial charge in [-0.15, -0.1) is 0 Å². The SMILES string of the molecule is CCC(C)C(=O)CN1CC(c2ccc3c(c2)OCC3)C(C(=O)O)C1c1ccc(OC)cc1.CCCCC.CCCCC. The van der Waals surface area contributed by atoms with Gasteiger partial charge in [-0.3, -0.25) is 14.5 Å². The van der Waals surface area contributed by atoms with E-state index in [1.807, 2.05) is 61.2 Å². The Morgan fingerprint density at radius 1 is 0.952 bits per heavy atom. The van der Waals surface area contributed by atoms with Crippen molar-refractivity contribution in [2.24, 2.45) is 11.8 Å². The van der Waals surface area contributed by atoms with Crippen LogP contribution in [0.4, 0.5) is 0 Å². The predicted molar refractivity (Wildman–Crippen MR) is 172 cm³/mol. The van der Waals surface area contributed by atoms with Gasteiger partial charge in [-0.05, 0) is 41.3 Å². The minimum absolute atomic E-state index is 0.0535. The molecule has 2 aromatic rings. The molecule has 4 atom stereocenters. The van der Waals surface area contributed by atoms with Crippen molar-refractivity contribution in [1.82, 2.24) is 4.90 Å². The predicted octanol–water partition coefficient (Wildman–Crippen LogP) is 8.48. The molecule has 0 aliphatic carbocycles. The first-order chi connectivity index (χ1) is 20.3. The molecule has 1 saturated heterocycles. The van der Waals surface area contributed by atoms with Crippen molar-refractivity contribution in [2.45, 2.75) is 105 Å². The lowest BCUT2D eigenvalue weighted by Gasteiger charge is -2.27. The van der Waals surface area contributed by atoms with E-state index in [1.165, 1.54) is 38.5 Å². The first-order valence-corrected chi connectivity index (χ1v) is 16.1. The molecule has 1 N–H and O–H groups in total. The largest absolute Gasteiger partial charge is 0.497 e. The van der Waals surface area contributed by atoms with Crippen molar-refractivity contribution < 1.29 is 24.2 Å². The summed E-state index contributed by atoms with van der Waals surface area (Å²) in [5.74, 6) is -0.104. The minimum Gasteiger partial charge on any atom is -0.497 e. The maximum atomic E-state index is 12.9. The van der Waals surface area contributed by atoms with Gasteiger partial charge in [-0.2, -0.15) is 0 Å². The number of Topliss-reactive ketones (excluding diaryl/α,β-unsaturated/α-hetero) is 1. The smallest absolute Gasteiger partial charge is 0.309 e. The van der Waals surface area contributed by atoms with E-state index in [0.717, 1.165) is 35.3 Å². The van der Waals surface area contributed by atoms with E-state index in [4.69, 9.17) is 9.47 Å². The first-order valence-electron chi connectivity index (χ1n) is 16.1. The zero-order chi connectivity index (χ0) is 31.1. The number of ether oxygens (including phenoxy) is 2. The second kappa shape index (κ2) is 18.6. The number of unbranched alkanes of at least 4 members (excludes halogenated alkanes) is 4. The van der Waals surface area contributed by atoms with E-state index < -0.39 is 17.9 Å². The Morgan fingerprint density at radius 2 is 1.55 bits per heavy atom. The van der Waals surface area contributed by atoms with Crippen LogP contribution in [0.5, 0.6) is 11.5 Å². The van der Waals surface area contributed by atoms with Crippen molar-refractivity contribution in [2.75, 3.05) is 26.8 Å². The molecule has 4 rings (SSSR count). The Bertz CT molecular complexity index is 1070. The number of rotatable bonds is 12. The standard InChI is InChI=1S/C26H31NO5.2C5H12/c1-4-16(2)22(28)15-27-14-21(19-6-5-17-11-12-32-23(17)13-19)24(26(29)30)25(27)18-7-9-20(31-3)10-8-18;2*1-3-5-4-2/h5-10,13,16,21,24-25H,4,11-12,14-15H2,1-3H3,(H,29,30);2*3-5H2,1-2H3. The lowest BCUT2D eigenvalue weighted by molar-refractivity contribution is -0.143. The summed E-state index contributed by atoms with van der Waals surface area (Å²) in [6.07, 6.45) is 9.81. The number of aliphatic carboxylic acids is 1. The number of fused-ring (bicyclic) bond motifs is 1. The molecule has 1 fully saturated rings. The molecule has 2 aliphatic heterocycles. The van der Waals surface area contributed by atoms with Gasteiger partial charge in [0.1, 0.15) is 17.3 Å². The van der Waals surface area contributed by atoms with E-state index in [-0.39, 0.29) is 24.2 Å². The second-order valence-corrected chi connectivity index (χ2v) is 11.6. The number of carboxylic acids is 1. The van der Waals surface area contributed by atoms with Gasteiger partial charge >= 0.3 is 5.97 Å². The Hall–Kier alpha value is -2.86. The number of hydrogen-bond acceptors (Lipinski definition) is 5. The van der Waals surface area contributed by atoms with Gasteiger partial charge in [0.05, 0.1) is 26.2 Å². The molecule has 6 nitrogen and oxygen atoms in total. The molecule has 0 amide bonds. The summed E-state index contributed by atoms with van der Waals surface area (Å²) in [5, 5.41) is 10.3. The summed E-state index contributed by atoms with van der Waals surface area (Å²) >= 11 is 0. The summed E-state index contributed by atoms with van der Waals surface area (Å²) < 4.78 is 11.0. The summed E-state index contributed by atoms with van der Waals surface area (Å²) in [4.78, 5) is 27.5. The second-order valence-electron chi connectivity index (χ2n) is 11.6. The first kappa shape index (κ1) is 35.3. The quantitative estimate of drug-likeness (QED) is 0.271. The molecule has 6 heteroatoms. The van der Waals surface area contributed by atoms with Gasteiger partial charge in [0.2, 0.25) is 0 Å². The van der Waals surface area contributed by atoms with Crippen LogP contribution >= 0.6 is 0 Å².